The minimum absolute atomic E-state index is 0.514. The highest BCUT2D eigenvalue weighted by atomic mass is 79.9. The Balaban J connectivity index is 3.15. The lowest BCUT2D eigenvalue weighted by Crippen LogP contribution is -1.95. The van der Waals surface area contributed by atoms with E-state index in [-0.39, 0.29) is 0 Å². The van der Waals surface area contributed by atoms with Gasteiger partial charge in [0.2, 0.25) is 0 Å². The van der Waals surface area contributed by atoms with Crippen LogP contribution in [0.2, 0.25) is 0 Å². The van der Waals surface area contributed by atoms with Crippen LogP contribution < -0.4 is 0 Å². The van der Waals surface area contributed by atoms with E-state index < -0.39 is 2.69 Å². The Labute approximate surface area is 69.6 Å². The van der Waals surface area contributed by atoms with Gasteiger partial charge in [-0.05, 0) is 6.26 Å². The molecule has 0 saturated carbocycles. The van der Waals surface area contributed by atoms with Gasteiger partial charge >= 0.3 is 0 Å². The molecular weight excluding hydrogens is 263 g/mol. The van der Waals surface area contributed by atoms with Crippen molar-refractivity contribution < 1.29 is 0 Å². The Kier molecular flexibility index (Phi) is 4.41. The average Bonchev–Trinajstić information content (AvgIpc) is 1.30. The van der Waals surface area contributed by atoms with E-state index in [0.717, 1.165) is 0 Å². The van der Waals surface area contributed by atoms with Gasteiger partial charge in [-0.3, -0.25) is 0 Å². The molecule has 0 bridgehead atoms. The quantitative estimate of drug-likeness (QED) is 0.692. The van der Waals surface area contributed by atoms with Crippen molar-refractivity contribution in [2.75, 3.05) is 6.26 Å². The van der Waals surface area contributed by atoms with E-state index in [0.29, 0.717) is 0 Å². The molecule has 4 heteroatoms. The summed E-state index contributed by atoms with van der Waals surface area (Å²) in [6.45, 7) is 0. The lowest BCUT2D eigenvalue weighted by Gasteiger charge is -2.05. The molecule has 0 N–H and O–H groups in total. The molecule has 0 aromatic rings. The van der Waals surface area contributed by atoms with Crippen LogP contribution in [0.3, 0.4) is 0 Å². The van der Waals surface area contributed by atoms with Crippen molar-refractivity contribution in [2.24, 2.45) is 0 Å². The van der Waals surface area contributed by atoms with Crippen molar-refractivity contribution in [3.05, 3.63) is 5.75 Å². The highest BCUT2D eigenvalue weighted by Gasteiger charge is 2.16. The highest BCUT2D eigenvalue weighted by Crippen LogP contribution is 2.37. The van der Waals surface area contributed by atoms with Crippen LogP contribution in [0.4, 0.5) is 0 Å². The summed E-state index contributed by atoms with van der Waals surface area (Å²) in [6.07, 6.45) is 1.94. The molecule has 0 fully saturated rings. The second-order valence-corrected chi connectivity index (χ2v) is 6.68. The van der Waals surface area contributed by atoms with E-state index in [9.17, 15) is 0 Å². The molecule has 0 rings (SSSR count). The lowest BCUT2D eigenvalue weighted by atomic mass is 11.0. The molecule has 0 amide bonds. The van der Waals surface area contributed by atoms with Crippen molar-refractivity contribution in [3.8, 4) is 0 Å². The van der Waals surface area contributed by atoms with Crippen LogP contribution in [0, 0.1) is 5.75 Å². The van der Waals surface area contributed by atoms with Gasteiger partial charge in [-0.15, -0.1) is 0 Å². The largest absolute Gasteiger partial charge is 0.166 e. The van der Waals surface area contributed by atoms with E-state index in [1.54, 1.807) is 11.8 Å². The summed E-state index contributed by atoms with van der Waals surface area (Å²) >= 11 is 13.4. The van der Waals surface area contributed by atoms with Gasteiger partial charge in [0.05, 0.1) is 5.75 Å². The molecule has 0 saturated heterocycles. The van der Waals surface area contributed by atoms with E-state index in [1.807, 2.05) is 12.0 Å². The van der Waals surface area contributed by atoms with Gasteiger partial charge in [-0.1, -0.05) is 43.5 Å². The van der Waals surface area contributed by atoms with Crippen LogP contribution in [0.15, 0.2) is 0 Å². The number of alkyl halides is 3. The Morgan fingerprint density at radius 3 is 2.14 bits per heavy atom. The minimum atomic E-state index is -0.514. The monoisotopic (exact) mass is 265 g/mol. The van der Waals surface area contributed by atoms with Crippen molar-refractivity contribution in [3.63, 3.8) is 0 Å². The first kappa shape index (κ1) is 8.60. The molecule has 0 heterocycles. The number of rotatable bonds is 2. The average molecular weight is 267 g/mol. The number of halogens is 3. The van der Waals surface area contributed by atoms with Gasteiger partial charge < -0.3 is 0 Å². The van der Waals surface area contributed by atoms with Gasteiger partial charge in [0.1, 0.15) is 0 Å². The zero-order valence-electron chi connectivity index (χ0n) is 3.62. The van der Waals surface area contributed by atoms with E-state index in [1.165, 1.54) is 0 Å². The molecule has 7 heavy (non-hydrogen) atoms. The molecule has 0 aromatic heterocycles. The van der Waals surface area contributed by atoms with Crippen molar-refractivity contribution in [1.82, 2.24) is 0 Å². The zero-order chi connectivity index (χ0) is 5.91. The zero-order valence-corrected chi connectivity index (χ0v) is 8.36. The summed E-state index contributed by atoms with van der Waals surface area (Å²) < 4.78 is -0.514. The van der Waals surface area contributed by atoms with E-state index >= 15 is 0 Å². The minimum Gasteiger partial charge on any atom is -0.157 e. The number of hydrogen-bond acceptors (Lipinski definition) is 1. The molecule has 0 spiro atoms. The van der Waals surface area contributed by atoms with Crippen LogP contribution in [0.5, 0.6) is 0 Å². The molecule has 1 radical (unpaired) electrons. The van der Waals surface area contributed by atoms with Gasteiger partial charge in [0.25, 0.3) is 0 Å². The van der Waals surface area contributed by atoms with E-state index in [2.05, 4.69) is 31.9 Å². The summed E-state index contributed by atoms with van der Waals surface area (Å²) in [5, 5.41) is 0. The maximum absolute atomic E-state index is 5.59. The van der Waals surface area contributed by atoms with Crippen LogP contribution in [-0.2, 0) is 0 Å². The third-order valence-electron chi connectivity index (χ3n) is 0.251. The number of thioether (sulfide) groups is 1. The molecule has 0 unspecified atom stereocenters. The van der Waals surface area contributed by atoms with Gasteiger partial charge in [-0.2, -0.15) is 11.8 Å². The van der Waals surface area contributed by atoms with Crippen LogP contribution in [-0.4, -0.2) is 8.95 Å². The topological polar surface area (TPSA) is 0 Å². The fourth-order valence-corrected chi connectivity index (χ4v) is 1.79. The predicted octanol–water partition coefficient (Wildman–Crippen LogP) is 3.19. The smallest absolute Gasteiger partial charge is 0.157 e. The van der Waals surface area contributed by atoms with Gasteiger partial charge in [0.15, 0.2) is 2.69 Å². The first-order chi connectivity index (χ1) is 3.06. The molecule has 0 nitrogen and oxygen atoms in total. The first-order valence-electron chi connectivity index (χ1n) is 1.50. The lowest BCUT2D eigenvalue weighted by molar-refractivity contribution is 1.56. The summed E-state index contributed by atoms with van der Waals surface area (Å²) in [7, 11) is 0. The van der Waals surface area contributed by atoms with Crippen LogP contribution in [0.25, 0.3) is 0 Å². The van der Waals surface area contributed by atoms with Crippen LogP contribution >= 0.6 is 55.2 Å². The summed E-state index contributed by atoms with van der Waals surface area (Å²) in [5.41, 5.74) is 0. The molecule has 0 aliphatic carbocycles. The van der Waals surface area contributed by atoms with Crippen LogP contribution in [0.1, 0.15) is 0 Å². The second kappa shape index (κ2) is 3.59. The Morgan fingerprint density at radius 1 is 1.71 bits per heavy atom. The summed E-state index contributed by atoms with van der Waals surface area (Å²) in [4.78, 5) is 0. The Bertz CT molecular complexity index is 51.4. The maximum atomic E-state index is 5.59. The highest BCUT2D eigenvalue weighted by molar-refractivity contribution is 9.26. The third kappa shape index (κ3) is 7.60. The Hall–Kier alpha value is 1.60. The van der Waals surface area contributed by atoms with Gasteiger partial charge in [-0.25, -0.2) is 0 Å². The Morgan fingerprint density at radius 2 is 2.14 bits per heavy atom. The molecule has 0 aliphatic heterocycles. The molecule has 0 aliphatic rings. The molecular formula is C3H4Br2ClS. The normalized spacial score (nSPS) is 12.0. The van der Waals surface area contributed by atoms with Gasteiger partial charge in [0, 0.05) is 0 Å². The van der Waals surface area contributed by atoms with Crippen molar-refractivity contribution >= 4 is 55.2 Å². The van der Waals surface area contributed by atoms with Crippen molar-refractivity contribution in [2.45, 2.75) is 2.69 Å². The predicted molar refractivity (Wildman–Crippen MR) is 44.3 cm³/mol. The molecule has 0 aromatic carbocycles. The van der Waals surface area contributed by atoms with Crippen molar-refractivity contribution in [1.29, 1.82) is 0 Å². The summed E-state index contributed by atoms with van der Waals surface area (Å²) in [5.74, 6) is 1.83. The fraction of sp³-hybridized carbons (Fsp3) is 0.667. The molecule has 43 valence electrons. The molecule has 0 atom stereocenters. The fourth-order valence-electron chi connectivity index (χ4n) is 0.134. The number of hydrogen-bond donors (Lipinski definition) is 0. The SMILES string of the molecule is CS[CH]C(Cl)(Br)Br. The maximum Gasteiger partial charge on any atom is 0.166 e. The second-order valence-electron chi connectivity index (χ2n) is 0.895. The standard InChI is InChI=1S/C3H4Br2ClS/c1-7-2-3(4,5)6/h2H,1H3. The first-order valence-corrected chi connectivity index (χ1v) is 4.75. The third-order valence-corrected chi connectivity index (χ3v) is 2.14. The van der Waals surface area contributed by atoms with E-state index in [4.69, 9.17) is 11.6 Å². The summed E-state index contributed by atoms with van der Waals surface area (Å²) in [6, 6.07) is 0.